The minimum Gasteiger partial charge on any atom is -0.492 e. The van der Waals surface area contributed by atoms with Gasteiger partial charge in [0, 0.05) is 11.1 Å². The van der Waals surface area contributed by atoms with Crippen LogP contribution in [-0.2, 0) is 9.47 Å². The van der Waals surface area contributed by atoms with Gasteiger partial charge in [0.25, 0.3) is 0 Å². The first kappa shape index (κ1) is 20.7. The Labute approximate surface area is 161 Å². The molecule has 0 aromatic heterocycles. The van der Waals surface area contributed by atoms with Crippen molar-refractivity contribution in [2.24, 2.45) is 0 Å². The summed E-state index contributed by atoms with van der Waals surface area (Å²) in [6.07, 6.45) is 1.71. The van der Waals surface area contributed by atoms with E-state index in [1.807, 2.05) is 45.9 Å². The van der Waals surface area contributed by atoms with Crippen molar-refractivity contribution in [1.82, 2.24) is 0 Å². The number of hydrogen-bond donors (Lipinski definition) is 0. The summed E-state index contributed by atoms with van der Waals surface area (Å²) in [6.45, 7) is 10.4. The molecule has 0 aromatic carbocycles. The Balaban J connectivity index is 2.75. The number of unbranched alkanes of at least 4 members (excludes halogenated alkanes) is 1. The molecule has 0 radical (unpaired) electrons. The third-order valence-electron chi connectivity index (χ3n) is 4.30. The predicted octanol–water partition coefficient (Wildman–Crippen LogP) is 4.94. The van der Waals surface area contributed by atoms with E-state index in [4.69, 9.17) is 14.2 Å². The van der Waals surface area contributed by atoms with Crippen molar-refractivity contribution in [1.29, 1.82) is 0 Å². The Morgan fingerprint density at radius 2 is 1.63 bits per heavy atom. The summed E-state index contributed by atoms with van der Waals surface area (Å²) in [7, 11) is 0. The second-order valence-corrected chi connectivity index (χ2v) is 6.42. The van der Waals surface area contributed by atoms with Crippen LogP contribution in [0, 0.1) is 13.8 Å². The molecule has 0 aliphatic heterocycles. The molecule has 2 aliphatic rings. The van der Waals surface area contributed by atoms with E-state index < -0.39 is 11.9 Å². The van der Waals surface area contributed by atoms with Crippen molar-refractivity contribution < 1.29 is 23.8 Å². The molecule has 0 saturated carbocycles. The molecule has 0 heterocycles. The second kappa shape index (κ2) is 9.40. The highest BCUT2D eigenvalue weighted by atomic mass is 16.5. The average Bonchev–Trinajstić information content (AvgIpc) is 2.87. The maximum Gasteiger partial charge on any atom is 0.342 e. The quantitative estimate of drug-likeness (QED) is 0.485. The molecule has 0 atom stereocenters. The summed E-state index contributed by atoms with van der Waals surface area (Å²) in [4.78, 5) is 25.6. The van der Waals surface area contributed by atoms with Gasteiger partial charge in [0.15, 0.2) is 0 Å². The number of carbonyl (C=O) groups excluding carboxylic acids is 2. The SMILES string of the molecule is CCCCOC(=O)c1c2ccc(C)cc(C)c-2c(C(=O)OCC)c1OCC. The summed E-state index contributed by atoms with van der Waals surface area (Å²) in [6, 6.07) is 5.75. The smallest absolute Gasteiger partial charge is 0.342 e. The lowest BCUT2D eigenvalue weighted by Gasteiger charge is -2.09. The molecule has 0 spiro atoms. The Bertz CT molecular complexity index is 794. The number of esters is 2. The van der Waals surface area contributed by atoms with Gasteiger partial charge in [-0.2, -0.15) is 0 Å². The van der Waals surface area contributed by atoms with E-state index in [-0.39, 0.29) is 12.4 Å². The van der Waals surface area contributed by atoms with E-state index in [0.29, 0.717) is 35.5 Å². The van der Waals surface area contributed by atoms with Crippen LogP contribution in [-0.4, -0.2) is 31.8 Å². The summed E-state index contributed by atoms with van der Waals surface area (Å²) in [5.74, 6) is -0.722. The van der Waals surface area contributed by atoms with Crippen LogP contribution in [0.4, 0.5) is 0 Å². The molecule has 0 saturated heterocycles. The molecule has 2 rings (SSSR count). The monoisotopic (exact) mass is 372 g/mol. The zero-order chi connectivity index (χ0) is 20.0. The zero-order valence-corrected chi connectivity index (χ0v) is 16.8. The fraction of sp³-hybridized carbons (Fsp3) is 0.455. The molecule has 0 amide bonds. The van der Waals surface area contributed by atoms with Crippen molar-refractivity contribution >= 4 is 11.9 Å². The summed E-state index contributed by atoms with van der Waals surface area (Å²) < 4.78 is 16.5. The molecule has 27 heavy (non-hydrogen) atoms. The molecule has 146 valence electrons. The first-order valence-electron chi connectivity index (χ1n) is 9.50. The van der Waals surface area contributed by atoms with Gasteiger partial charge in [-0.25, -0.2) is 9.59 Å². The van der Waals surface area contributed by atoms with Gasteiger partial charge in [-0.3, -0.25) is 0 Å². The van der Waals surface area contributed by atoms with Crippen LogP contribution in [0.2, 0.25) is 0 Å². The van der Waals surface area contributed by atoms with Gasteiger partial charge in [0.05, 0.1) is 19.8 Å². The maximum atomic E-state index is 12.9. The van der Waals surface area contributed by atoms with Crippen LogP contribution in [0.1, 0.15) is 65.5 Å². The zero-order valence-electron chi connectivity index (χ0n) is 16.8. The van der Waals surface area contributed by atoms with Crippen LogP contribution >= 0.6 is 0 Å². The van der Waals surface area contributed by atoms with Gasteiger partial charge in [-0.1, -0.05) is 37.1 Å². The highest BCUT2D eigenvalue weighted by Gasteiger charge is 2.34. The molecule has 0 bridgehead atoms. The van der Waals surface area contributed by atoms with Crippen molar-refractivity contribution in [3.05, 3.63) is 40.5 Å². The van der Waals surface area contributed by atoms with Gasteiger partial charge in [-0.05, 0) is 39.7 Å². The lowest BCUT2D eigenvalue weighted by atomic mass is 10.0. The van der Waals surface area contributed by atoms with E-state index in [0.717, 1.165) is 24.0 Å². The van der Waals surface area contributed by atoms with E-state index in [2.05, 4.69) is 0 Å². The van der Waals surface area contributed by atoms with E-state index >= 15 is 0 Å². The van der Waals surface area contributed by atoms with E-state index in [9.17, 15) is 9.59 Å². The summed E-state index contributed by atoms with van der Waals surface area (Å²) in [5, 5.41) is 0. The topological polar surface area (TPSA) is 61.8 Å². The molecule has 0 N–H and O–H groups in total. The van der Waals surface area contributed by atoms with Gasteiger partial charge in [0.1, 0.15) is 16.9 Å². The highest BCUT2D eigenvalue weighted by Crippen LogP contribution is 2.44. The normalized spacial score (nSPS) is 10.7. The van der Waals surface area contributed by atoms with E-state index in [1.165, 1.54) is 0 Å². The van der Waals surface area contributed by atoms with Crippen LogP contribution in [0.3, 0.4) is 0 Å². The fourth-order valence-corrected chi connectivity index (χ4v) is 3.14. The van der Waals surface area contributed by atoms with Crippen LogP contribution < -0.4 is 4.74 Å². The molecule has 0 aromatic rings. The molecular formula is C22H28O5. The Morgan fingerprint density at radius 3 is 2.26 bits per heavy atom. The summed E-state index contributed by atoms with van der Waals surface area (Å²) >= 11 is 0. The third kappa shape index (κ3) is 4.41. The minimum absolute atomic E-state index is 0.240. The van der Waals surface area contributed by atoms with Crippen molar-refractivity contribution in [3.63, 3.8) is 0 Å². The van der Waals surface area contributed by atoms with Crippen LogP contribution in [0.5, 0.6) is 5.75 Å². The molecule has 2 aliphatic carbocycles. The lowest BCUT2D eigenvalue weighted by Crippen LogP contribution is -2.10. The number of carbonyl (C=O) groups is 2. The van der Waals surface area contributed by atoms with Crippen LogP contribution in [0.15, 0.2) is 18.2 Å². The fourth-order valence-electron chi connectivity index (χ4n) is 3.14. The highest BCUT2D eigenvalue weighted by molar-refractivity contribution is 6.13. The number of ether oxygens (including phenoxy) is 3. The van der Waals surface area contributed by atoms with Gasteiger partial charge >= 0.3 is 11.9 Å². The van der Waals surface area contributed by atoms with Crippen molar-refractivity contribution in [2.75, 3.05) is 19.8 Å². The maximum absolute atomic E-state index is 12.9. The number of hydrogen-bond acceptors (Lipinski definition) is 5. The Morgan fingerprint density at radius 1 is 0.926 bits per heavy atom. The van der Waals surface area contributed by atoms with Gasteiger partial charge in [-0.15, -0.1) is 0 Å². The predicted molar refractivity (Wildman–Crippen MR) is 105 cm³/mol. The molecule has 5 nitrogen and oxygen atoms in total. The third-order valence-corrected chi connectivity index (χ3v) is 4.30. The summed E-state index contributed by atoms with van der Waals surface area (Å²) in [5.41, 5.74) is 3.82. The molecule has 0 unspecified atom stereocenters. The van der Waals surface area contributed by atoms with Crippen LogP contribution in [0.25, 0.3) is 11.1 Å². The molecule has 5 heteroatoms. The molecular weight excluding hydrogens is 344 g/mol. The standard InChI is InChI=1S/C22H28O5/c1-6-9-12-27-21(23)18-16-11-10-14(4)13-15(5)17(16)19(20(18)25-7-2)22(24)26-8-3/h10-11,13H,6-9,12H2,1-5H3. The Kier molecular flexibility index (Phi) is 7.22. The van der Waals surface area contributed by atoms with Gasteiger partial charge < -0.3 is 14.2 Å². The lowest BCUT2D eigenvalue weighted by molar-refractivity contribution is 0.0497. The first-order chi connectivity index (χ1) is 13.0. The number of fused-ring (bicyclic) bond motifs is 1. The average molecular weight is 372 g/mol. The van der Waals surface area contributed by atoms with Crippen molar-refractivity contribution in [3.8, 4) is 16.9 Å². The Hall–Kier alpha value is -2.56. The first-order valence-corrected chi connectivity index (χ1v) is 9.50. The number of aryl methyl sites for hydroxylation is 2. The minimum atomic E-state index is -0.495. The largest absolute Gasteiger partial charge is 0.492 e. The van der Waals surface area contributed by atoms with Gasteiger partial charge in [0.2, 0.25) is 0 Å². The molecule has 0 fully saturated rings. The second-order valence-electron chi connectivity index (χ2n) is 6.42. The number of rotatable bonds is 8. The van der Waals surface area contributed by atoms with Crippen molar-refractivity contribution in [2.45, 2.75) is 47.5 Å². The van der Waals surface area contributed by atoms with E-state index in [1.54, 1.807) is 6.92 Å².